The first kappa shape index (κ1) is 13.9. The van der Waals surface area contributed by atoms with E-state index in [4.69, 9.17) is 16.7 Å². The Morgan fingerprint density at radius 1 is 1.41 bits per heavy atom. The number of nitrogens with two attached hydrogens (primary N) is 1. The molecule has 2 N–H and O–H groups in total. The molecular weight excluding hydrogens is 271 g/mol. The fourth-order valence-electron chi connectivity index (χ4n) is 1.15. The van der Waals surface area contributed by atoms with Crippen molar-refractivity contribution in [2.24, 2.45) is 5.14 Å². The van der Waals surface area contributed by atoms with Gasteiger partial charge in [0.15, 0.2) is 0 Å². The number of primary sulfonamides is 1. The first-order valence-electron chi connectivity index (χ1n) is 4.38. The molecule has 0 radical (unpaired) electrons. The number of hydrogen-bond acceptors (Lipinski definition) is 3. The van der Waals surface area contributed by atoms with Gasteiger partial charge in [-0.15, -0.1) is 0 Å². The fraction of sp³-hybridized carbons (Fsp3) is 0.222. The van der Waals surface area contributed by atoms with Gasteiger partial charge in [-0.3, -0.25) is 4.79 Å². The van der Waals surface area contributed by atoms with Crippen LogP contribution >= 0.6 is 11.6 Å². The maximum Gasteiger partial charge on any atom is 0.254 e. The smallest absolute Gasteiger partial charge is 0.254 e. The Balaban J connectivity index is 3.50. The third-order valence-electron chi connectivity index (χ3n) is 1.96. The highest BCUT2D eigenvalue weighted by atomic mass is 35.5. The van der Waals surface area contributed by atoms with Crippen molar-refractivity contribution >= 4 is 27.5 Å². The molecule has 17 heavy (non-hydrogen) atoms. The van der Waals surface area contributed by atoms with Gasteiger partial charge in [-0.05, 0) is 12.1 Å². The van der Waals surface area contributed by atoms with Crippen LogP contribution in [0.1, 0.15) is 10.4 Å². The van der Waals surface area contributed by atoms with Crippen molar-refractivity contribution in [2.75, 3.05) is 14.1 Å². The van der Waals surface area contributed by atoms with E-state index in [9.17, 15) is 17.6 Å². The highest BCUT2D eigenvalue weighted by Gasteiger charge is 2.21. The zero-order chi connectivity index (χ0) is 13.4. The molecule has 1 rings (SSSR count). The highest BCUT2D eigenvalue weighted by molar-refractivity contribution is 7.89. The predicted molar refractivity (Wildman–Crippen MR) is 60.8 cm³/mol. The molecule has 0 fully saturated rings. The molecular formula is C9H10ClFN2O3S. The van der Waals surface area contributed by atoms with E-state index >= 15 is 0 Å². The molecule has 0 aromatic heterocycles. The summed E-state index contributed by atoms with van der Waals surface area (Å²) in [6, 6.07) is 1.58. The second-order valence-electron chi connectivity index (χ2n) is 3.51. The Bertz CT molecular complexity index is 572. The summed E-state index contributed by atoms with van der Waals surface area (Å²) in [7, 11) is -1.32. The van der Waals surface area contributed by atoms with Crippen molar-refractivity contribution in [1.82, 2.24) is 4.90 Å². The molecule has 0 aliphatic rings. The van der Waals surface area contributed by atoms with Crippen LogP contribution in [0, 0.1) is 5.82 Å². The van der Waals surface area contributed by atoms with E-state index in [0.29, 0.717) is 0 Å². The zero-order valence-corrected chi connectivity index (χ0v) is 10.6. The lowest BCUT2D eigenvalue weighted by Crippen LogP contribution is -2.23. The minimum Gasteiger partial charge on any atom is -0.345 e. The van der Waals surface area contributed by atoms with E-state index in [0.717, 1.165) is 12.1 Å². The Kier molecular flexibility index (Phi) is 3.75. The largest absolute Gasteiger partial charge is 0.345 e. The van der Waals surface area contributed by atoms with Gasteiger partial charge in [0, 0.05) is 14.1 Å². The molecule has 1 aromatic rings. The topological polar surface area (TPSA) is 80.5 Å². The zero-order valence-electron chi connectivity index (χ0n) is 9.07. The van der Waals surface area contributed by atoms with E-state index < -0.39 is 26.6 Å². The minimum absolute atomic E-state index is 0.123. The second kappa shape index (κ2) is 4.59. The molecule has 0 heterocycles. The van der Waals surface area contributed by atoms with E-state index in [1.54, 1.807) is 0 Å². The number of rotatable bonds is 2. The summed E-state index contributed by atoms with van der Waals surface area (Å²) in [5.41, 5.74) is -0.123. The van der Waals surface area contributed by atoms with E-state index in [-0.39, 0.29) is 10.6 Å². The number of sulfonamides is 1. The van der Waals surface area contributed by atoms with Crippen LogP contribution in [-0.4, -0.2) is 33.3 Å². The van der Waals surface area contributed by atoms with E-state index in [1.165, 1.54) is 19.0 Å². The van der Waals surface area contributed by atoms with Gasteiger partial charge >= 0.3 is 0 Å². The summed E-state index contributed by atoms with van der Waals surface area (Å²) in [6.45, 7) is 0. The molecule has 0 bridgehead atoms. The molecule has 0 saturated carbocycles. The van der Waals surface area contributed by atoms with Crippen molar-refractivity contribution in [1.29, 1.82) is 0 Å². The SMILES string of the molecule is CN(C)C(=O)c1cc(S(N)(=O)=O)c(F)cc1Cl. The van der Waals surface area contributed by atoms with Crippen LogP contribution in [0.5, 0.6) is 0 Å². The average molecular weight is 281 g/mol. The number of nitrogens with zero attached hydrogens (tertiary/aromatic N) is 1. The van der Waals surface area contributed by atoms with Crippen LogP contribution in [0.25, 0.3) is 0 Å². The molecule has 0 aliphatic heterocycles. The van der Waals surface area contributed by atoms with Gasteiger partial charge in [0.05, 0.1) is 10.6 Å². The molecule has 8 heteroatoms. The highest BCUT2D eigenvalue weighted by Crippen LogP contribution is 2.24. The number of benzene rings is 1. The third kappa shape index (κ3) is 2.93. The maximum absolute atomic E-state index is 13.3. The molecule has 5 nitrogen and oxygen atoms in total. The molecule has 1 aromatic carbocycles. The van der Waals surface area contributed by atoms with Gasteiger partial charge < -0.3 is 4.90 Å². The Labute approximate surface area is 103 Å². The van der Waals surface area contributed by atoms with Crippen molar-refractivity contribution in [2.45, 2.75) is 4.90 Å². The lowest BCUT2D eigenvalue weighted by molar-refractivity contribution is 0.0827. The van der Waals surface area contributed by atoms with Crippen molar-refractivity contribution < 1.29 is 17.6 Å². The molecule has 0 atom stereocenters. The monoisotopic (exact) mass is 280 g/mol. The minimum atomic E-state index is -4.24. The predicted octanol–water partition coefficient (Wildman–Crippen LogP) is 0.828. The molecule has 0 aliphatic carbocycles. The molecule has 0 unspecified atom stereocenters. The lowest BCUT2D eigenvalue weighted by atomic mass is 10.2. The van der Waals surface area contributed by atoms with Crippen LogP contribution < -0.4 is 5.14 Å². The van der Waals surface area contributed by atoms with Gasteiger partial charge in [0.25, 0.3) is 5.91 Å². The summed E-state index contributed by atoms with van der Waals surface area (Å²) < 4.78 is 35.5. The Morgan fingerprint density at radius 2 is 1.94 bits per heavy atom. The molecule has 0 spiro atoms. The summed E-state index contributed by atoms with van der Waals surface area (Å²) in [6.07, 6.45) is 0. The molecule has 1 amide bonds. The Morgan fingerprint density at radius 3 is 2.35 bits per heavy atom. The van der Waals surface area contributed by atoms with Gasteiger partial charge in [-0.1, -0.05) is 11.6 Å². The van der Waals surface area contributed by atoms with Crippen LogP contribution in [0.2, 0.25) is 5.02 Å². The van der Waals surface area contributed by atoms with Crippen LogP contribution in [-0.2, 0) is 10.0 Å². The van der Waals surface area contributed by atoms with Gasteiger partial charge in [0.1, 0.15) is 10.7 Å². The van der Waals surface area contributed by atoms with E-state index in [1.807, 2.05) is 0 Å². The van der Waals surface area contributed by atoms with E-state index in [2.05, 4.69) is 0 Å². The first-order chi connectivity index (χ1) is 7.64. The normalized spacial score (nSPS) is 11.4. The number of carbonyl (C=O) groups excluding carboxylic acids is 1. The average Bonchev–Trinajstić information content (AvgIpc) is 2.14. The quantitative estimate of drug-likeness (QED) is 0.871. The van der Waals surface area contributed by atoms with Crippen molar-refractivity contribution in [3.8, 4) is 0 Å². The summed E-state index contributed by atoms with van der Waals surface area (Å²) in [5.74, 6) is -1.63. The standard InChI is InChI=1S/C9H10ClFN2O3S/c1-13(2)9(14)5-3-8(17(12,15)16)7(11)4-6(5)10/h3-4H,1-2H3,(H2,12,15,16). The van der Waals surface area contributed by atoms with Crippen LogP contribution in [0.15, 0.2) is 17.0 Å². The van der Waals surface area contributed by atoms with Crippen molar-refractivity contribution in [3.63, 3.8) is 0 Å². The summed E-state index contributed by atoms with van der Waals surface area (Å²) in [5, 5.41) is 4.64. The van der Waals surface area contributed by atoms with Crippen LogP contribution in [0.3, 0.4) is 0 Å². The number of amides is 1. The fourth-order valence-corrected chi connectivity index (χ4v) is 2.00. The maximum atomic E-state index is 13.3. The van der Waals surface area contributed by atoms with Gasteiger partial charge in [0.2, 0.25) is 10.0 Å². The van der Waals surface area contributed by atoms with Gasteiger partial charge in [-0.25, -0.2) is 17.9 Å². The lowest BCUT2D eigenvalue weighted by Gasteiger charge is -2.12. The number of carbonyl (C=O) groups is 1. The molecule has 94 valence electrons. The summed E-state index contributed by atoms with van der Waals surface area (Å²) >= 11 is 5.67. The number of halogens is 2. The molecule has 0 saturated heterocycles. The second-order valence-corrected chi connectivity index (χ2v) is 5.44. The first-order valence-corrected chi connectivity index (χ1v) is 6.30. The Hall–Kier alpha value is -1.18. The van der Waals surface area contributed by atoms with Crippen molar-refractivity contribution in [3.05, 3.63) is 28.5 Å². The third-order valence-corrected chi connectivity index (χ3v) is 3.20. The van der Waals surface area contributed by atoms with Crippen LogP contribution in [0.4, 0.5) is 4.39 Å². The number of hydrogen-bond donors (Lipinski definition) is 1. The van der Waals surface area contributed by atoms with Gasteiger partial charge in [-0.2, -0.15) is 0 Å². The summed E-state index contributed by atoms with van der Waals surface area (Å²) in [4.78, 5) is 12.1.